The average Bonchev–Trinajstić information content (AvgIpc) is 2.72. The highest BCUT2D eigenvalue weighted by Gasteiger charge is 2.27. The van der Waals surface area contributed by atoms with Gasteiger partial charge in [-0.05, 0) is 23.3 Å². The highest BCUT2D eigenvalue weighted by atomic mass is 16.5. The Kier molecular flexibility index (Phi) is 7.99. The molecular weight excluding hydrogens is 380 g/mol. The molecule has 0 heterocycles. The van der Waals surface area contributed by atoms with Gasteiger partial charge in [-0.3, -0.25) is 4.79 Å². The Balaban J connectivity index is 2.05. The molecule has 154 valence electrons. The van der Waals surface area contributed by atoms with Gasteiger partial charge in [0.05, 0.1) is 6.61 Å². The molecular formula is C20H22N2O7. The number of aliphatic carboxylic acids is 1. The molecule has 0 fully saturated rings. The molecule has 0 unspecified atom stereocenters. The summed E-state index contributed by atoms with van der Waals surface area (Å²) in [4.78, 5) is 35.7. The van der Waals surface area contributed by atoms with E-state index >= 15 is 0 Å². The summed E-state index contributed by atoms with van der Waals surface area (Å²) in [6, 6.07) is 12.2. The standard InChI is InChI=1S/C20H22N2O7/c23-11-17(19(26)27)21-18(25)16(10-13-6-8-15(24)9-7-13)22-20(28)29-12-14-4-2-1-3-5-14/h1-9,16-17,23-24H,10-12H2,(H,21,25)(H,22,28)(H,26,27)/t16-,17-/m1/s1. The van der Waals surface area contributed by atoms with Crippen molar-refractivity contribution in [1.29, 1.82) is 0 Å². The van der Waals surface area contributed by atoms with Crippen LogP contribution < -0.4 is 10.6 Å². The summed E-state index contributed by atoms with van der Waals surface area (Å²) in [6.07, 6.45) is -0.840. The quantitative estimate of drug-likeness (QED) is 0.417. The van der Waals surface area contributed by atoms with E-state index in [1.807, 2.05) is 6.07 Å². The molecule has 2 amide bonds. The first-order valence-corrected chi connectivity index (χ1v) is 8.78. The van der Waals surface area contributed by atoms with Crippen LogP contribution in [0.15, 0.2) is 54.6 Å². The monoisotopic (exact) mass is 402 g/mol. The zero-order chi connectivity index (χ0) is 21.2. The number of carboxylic acids is 1. The molecule has 0 aliphatic rings. The van der Waals surface area contributed by atoms with E-state index in [1.54, 1.807) is 36.4 Å². The Labute approximate surface area is 166 Å². The van der Waals surface area contributed by atoms with Crippen molar-refractivity contribution in [2.75, 3.05) is 6.61 Å². The van der Waals surface area contributed by atoms with Crippen molar-refractivity contribution in [3.8, 4) is 5.75 Å². The number of amides is 2. The van der Waals surface area contributed by atoms with E-state index in [0.29, 0.717) is 5.56 Å². The van der Waals surface area contributed by atoms with Crippen LogP contribution in [0.5, 0.6) is 5.75 Å². The number of phenolic OH excluding ortho intramolecular Hbond substituents is 1. The van der Waals surface area contributed by atoms with Crippen molar-refractivity contribution in [3.63, 3.8) is 0 Å². The number of rotatable bonds is 9. The third-order valence-electron chi connectivity index (χ3n) is 3.99. The number of carbonyl (C=O) groups is 3. The smallest absolute Gasteiger partial charge is 0.408 e. The lowest BCUT2D eigenvalue weighted by Gasteiger charge is -2.20. The van der Waals surface area contributed by atoms with Crippen LogP contribution >= 0.6 is 0 Å². The van der Waals surface area contributed by atoms with E-state index in [-0.39, 0.29) is 18.8 Å². The van der Waals surface area contributed by atoms with Gasteiger partial charge in [-0.2, -0.15) is 0 Å². The van der Waals surface area contributed by atoms with Gasteiger partial charge in [-0.25, -0.2) is 9.59 Å². The molecule has 0 aliphatic heterocycles. The van der Waals surface area contributed by atoms with Crippen molar-refractivity contribution in [1.82, 2.24) is 10.6 Å². The average molecular weight is 402 g/mol. The number of phenols is 1. The SMILES string of the molecule is O=C(N[C@H](Cc1ccc(O)cc1)C(=O)N[C@H](CO)C(=O)O)OCc1ccccc1. The number of aromatic hydroxyl groups is 1. The van der Waals surface area contributed by atoms with Gasteiger partial charge in [0, 0.05) is 6.42 Å². The maximum absolute atomic E-state index is 12.5. The molecule has 9 nitrogen and oxygen atoms in total. The molecule has 2 aromatic carbocycles. The molecule has 0 spiro atoms. The largest absolute Gasteiger partial charge is 0.508 e. The van der Waals surface area contributed by atoms with E-state index in [9.17, 15) is 19.5 Å². The predicted octanol–water partition coefficient (Wildman–Crippen LogP) is 0.791. The van der Waals surface area contributed by atoms with Crippen LogP contribution in [0.2, 0.25) is 0 Å². The van der Waals surface area contributed by atoms with Gasteiger partial charge in [-0.15, -0.1) is 0 Å². The third kappa shape index (κ3) is 7.15. The highest BCUT2D eigenvalue weighted by molar-refractivity contribution is 5.89. The summed E-state index contributed by atoms with van der Waals surface area (Å²) in [7, 11) is 0. The minimum Gasteiger partial charge on any atom is -0.508 e. The van der Waals surface area contributed by atoms with Crippen molar-refractivity contribution in [2.45, 2.75) is 25.1 Å². The second-order valence-electron chi connectivity index (χ2n) is 6.21. The lowest BCUT2D eigenvalue weighted by Crippen LogP contribution is -2.53. The maximum atomic E-state index is 12.5. The van der Waals surface area contributed by atoms with Crippen LogP contribution in [0.4, 0.5) is 4.79 Å². The zero-order valence-corrected chi connectivity index (χ0v) is 15.4. The van der Waals surface area contributed by atoms with E-state index < -0.39 is 36.7 Å². The molecule has 9 heteroatoms. The Morgan fingerprint density at radius 2 is 1.55 bits per heavy atom. The van der Waals surface area contributed by atoms with Crippen molar-refractivity contribution >= 4 is 18.0 Å². The van der Waals surface area contributed by atoms with Gasteiger partial charge in [0.25, 0.3) is 0 Å². The van der Waals surface area contributed by atoms with Crippen molar-refractivity contribution in [2.24, 2.45) is 0 Å². The maximum Gasteiger partial charge on any atom is 0.408 e. The van der Waals surface area contributed by atoms with Gasteiger partial charge >= 0.3 is 12.1 Å². The molecule has 0 saturated heterocycles. The number of aliphatic hydroxyl groups is 1. The Bertz CT molecular complexity index is 824. The first kappa shape index (κ1) is 21.7. The fraction of sp³-hybridized carbons (Fsp3) is 0.250. The summed E-state index contributed by atoms with van der Waals surface area (Å²) in [5, 5.41) is 32.1. The molecule has 0 bridgehead atoms. The fourth-order valence-corrected chi connectivity index (χ4v) is 2.44. The summed E-state index contributed by atoms with van der Waals surface area (Å²) >= 11 is 0. The second kappa shape index (κ2) is 10.7. The Hall–Kier alpha value is -3.59. The first-order valence-electron chi connectivity index (χ1n) is 8.78. The highest BCUT2D eigenvalue weighted by Crippen LogP contribution is 2.12. The molecule has 2 aromatic rings. The molecule has 0 radical (unpaired) electrons. The molecule has 5 N–H and O–H groups in total. The molecule has 0 aromatic heterocycles. The minimum absolute atomic E-state index is 0.00534. The van der Waals surface area contributed by atoms with Gasteiger partial charge < -0.3 is 30.7 Å². The normalized spacial score (nSPS) is 12.4. The van der Waals surface area contributed by atoms with Gasteiger partial charge in [0.15, 0.2) is 0 Å². The molecule has 2 atom stereocenters. The number of hydrogen-bond acceptors (Lipinski definition) is 6. The Morgan fingerprint density at radius 1 is 0.897 bits per heavy atom. The predicted molar refractivity (Wildman–Crippen MR) is 102 cm³/mol. The van der Waals surface area contributed by atoms with E-state index in [4.69, 9.17) is 14.9 Å². The van der Waals surface area contributed by atoms with Crippen LogP contribution in [0.3, 0.4) is 0 Å². The summed E-state index contributed by atoms with van der Waals surface area (Å²) < 4.78 is 5.11. The second-order valence-corrected chi connectivity index (χ2v) is 6.21. The number of hydrogen-bond donors (Lipinski definition) is 5. The van der Waals surface area contributed by atoms with Gasteiger partial charge in [-0.1, -0.05) is 42.5 Å². The van der Waals surface area contributed by atoms with E-state index in [2.05, 4.69) is 10.6 Å². The van der Waals surface area contributed by atoms with Crippen LogP contribution in [-0.2, 0) is 27.4 Å². The zero-order valence-electron chi connectivity index (χ0n) is 15.4. The number of ether oxygens (including phenoxy) is 1. The van der Waals surface area contributed by atoms with E-state index in [0.717, 1.165) is 5.56 Å². The topological polar surface area (TPSA) is 145 Å². The Morgan fingerprint density at radius 3 is 2.14 bits per heavy atom. The van der Waals surface area contributed by atoms with Crippen LogP contribution in [0.1, 0.15) is 11.1 Å². The number of carboxylic acid groups (broad SMARTS) is 1. The molecule has 0 aliphatic carbocycles. The molecule has 2 rings (SSSR count). The lowest BCUT2D eigenvalue weighted by molar-refractivity contribution is -0.143. The van der Waals surface area contributed by atoms with Crippen LogP contribution in [0, 0.1) is 0 Å². The number of carbonyl (C=O) groups excluding carboxylic acids is 2. The number of aliphatic hydroxyl groups excluding tert-OH is 1. The van der Waals surface area contributed by atoms with Crippen LogP contribution in [-0.4, -0.2) is 52.0 Å². The number of nitrogens with one attached hydrogen (secondary N) is 2. The van der Waals surface area contributed by atoms with Crippen molar-refractivity contribution in [3.05, 3.63) is 65.7 Å². The summed E-state index contributed by atoms with van der Waals surface area (Å²) in [5.41, 5.74) is 1.37. The number of benzene rings is 2. The minimum atomic E-state index is -1.51. The van der Waals surface area contributed by atoms with E-state index in [1.165, 1.54) is 12.1 Å². The van der Waals surface area contributed by atoms with Gasteiger partial charge in [0.1, 0.15) is 24.4 Å². The molecule has 29 heavy (non-hydrogen) atoms. The van der Waals surface area contributed by atoms with Gasteiger partial charge in [0.2, 0.25) is 5.91 Å². The first-order chi connectivity index (χ1) is 13.9. The summed E-state index contributed by atoms with van der Waals surface area (Å²) in [5.74, 6) is -2.16. The third-order valence-corrected chi connectivity index (χ3v) is 3.99. The lowest BCUT2D eigenvalue weighted by atomic mass is 10.0. The van der Waals surface area contributed by atoms with Crippen molar-refractivity contribution < 1.29 is 34.4 Å². The fourth-order valence-electron chi connectivity index (χ4n) is 2.44. The van der Waals surface area contributed by atoms with Crippen LogP contribution in [0.25, 0.3) is 0 Å². The number of alkyl carbamates (subject to hydrolysis) is 1. The summed E-state index contributed by atoms with van der Waals surface area (Å²) in [6.45, 7) is -0.805. The molecule has 0 saturated carbocycles.